The molecule has 4 aromatic rings. The lowest BCUT2D eigenvalue weighted by Crippen LogP contribution is -2.07. The highest BCUT2D eigenvalue weighted by atomic mass is 32.2. The molecule has 0 fully saturated rings. The first kappa shape index (κ1) is 15.7. The molecule has 2 aromatic carbocycles. The molecule has 0 unspecified atom stereocenters. The summed E-state index contributed by atoms with van der Waals surface area (Å²) in [6.45, 7) is 0. The standard InChI is InChI=1S/C20H16N2O2S/c23-19(15-9-21-17-7-3-1-5-13(15)17)11-25-12-20(24)16-10-22-18-8-4-2-6-14(16)18/h1-10,21-22H,11-12H2. The third-order valence-electron chi connectivity index (χ3n) is 4.25. The first-order valence-corrected chi connectivity index (χ1v) is 9.16. The largest absolute Gasteiger partial charge is 0.360 e. The lowest BCUT2D eigenvalue weighted by molar-refractivity contribution is 0.102. The van der Waals surface area contributed by atoms with Crippen molar-refractivity contribution in [2.75, 3.05) is 11.5 Å². The van der Waals surface area contributed by atoms with Gasteiger partial charge in [-0.15, -0.1) is 11.8 Å². The van der Waals surface area contributed by atoms with Gasteiger partial charge in [0.05, 0.1) is 11.5 Å². The molecule has 0 spiro atoms. The number of carbonyl (C=O) groups is 2. The van der Waals surface area contributed by atoms with Gasteiger partial charge in [-0.2, -0.15) is 0 Å². The Bertz CT molecular complexity index is 991. The number of ketones is 2. The van der Waals surface area contributed by atoms with E-state index in [9.17, 15) is 9.59 Å². The van der Waals surface area contributed by atoms with Crippen molar-refractivity contribution in [2.45, 2.75) is 0 Å². The summed E-state index contributed by atoms with van der Waals surface area (Å²) in [4.78, 5) is 31.1. The first-order valence-electron chi connectivity index (χ1n) is 8.00. The van der Waals surface area contributed by atoms with Crippen LogP contribution in [0.15, 0.2) is 60.9 Å². The molecular formula is C20H16N2O2S. The van der Waals surface area contributed by atoms with Crippen molar-refractivity contribution in [3.05, 3.63) is 72.1 Å². The number of hydrogen-bond donors (Lipinski definition) is 2. The molecule has 0 aliphatic rings. The Kier molecular flexibility index (Phi) is 4.15. The molecule has 0 saturated carbocycles. The van der Waals surface area contributed by atoms with E-state index in [4.69, 9.17) is 0 Å². The quantitative estimate of drug-likeness (QED) is 0.506. The van der Waals surface area contributed by atoms with Crippen molar-refractivity contribution in [1.29, 1.82) is 0 Å². The van der Waals surface area contributed by atoms with E-state index >= 15 is 0 Å². The van der Waals surface area contributed by atoms with Gasteiger partial charge in [-0.05, 0) is 12.1 Å². The molecule has 0 atom stereocenters. The van der Waals surface area contributed by atoms with Gasteiger partial charge in [0.25, 0.3) is 0 Å². The fraction of sp³-hybridized carbons (Fsp3) is 0.100. The molecule has 2 aromatic heterocycles. The number of benzene rings is 2. The number of H-pyrrole nitrogens is 2. The summed E-state index contributed by atoms with van der Waals surface area (Å²) in [7, 11) is 0. The third kappa shape index (κ3) is 2.98. The SMILES string of the molecule is O=C(CSCC(=O)c1c[nH]c2ccccc12)c1c[nH]c2ccccc12. The second-order valence-electron chi connectivity index (χ2n) is 5.84. The van der Waals surface area contributed by atoms with Crippen LogP contribution < -0.4 is 0 Å². The van der Waals surface area contributed by atoms with Crippen LogP contribution in [0.25, 0.3) is 21.8 Å². The molecule has 2 heterocycles. The van der Waals surface area contributed by atoms with E-state index in [0.29, 0.717) is 11.1 Å². The predicted octanol–water partition coefficient (Wildman–Crippen LogP) is 4.45. The van der Waals surface area contributed by atoms with Gasteiger partial charge in [-0.1, -0.05) is 36.4 Å². The van der Waals surface area contributed by atoms with Crippen LogP contribution >= 0.6 is 11.8 Å². The van der Waals surface area contributed by atoms with Crippen LogP contribution in [0.2, 0.25) is 0 Å². The molecule has 0 aliphatic heterocycles. The van der Waals surface area contributed by atoms with Gasteiger partial charge in [0.15, 0.2) is 11.6 Å². The molecule has 2 N–H and O–H groups in total. The molecular weight excluding hydrogens is 332 g/mol. The second-order valence-corrected chi connectivity index (χ2v) is 6.82. The summed E-state index contributed by atoms with van der Waals surface area (Å²) in [5.74, 6) is 0.648. The fourth-order valence-corrected chi connectivity index (χ4v) is 3.78. The average molecular weight is 348 g/mol. The van der Waals surface area contributed by atoms with Gasteiger partial charge in [-0.25, -0.2) is 0 Å². The summed E-state index contributed by atoms with van der Waals surface area (Å²) in [6, 6.07) is 15.5. The van der Waals surface area contributed by atoms with E-state index in [1.807, 2.05) is 48.5 Å². The molecule has 5 heteroatoms. The highest BCUT2D eigenvalue weighted by Crippen LogP contribution is 2.22. The van der Waals surface area contributed by atoms with E-state index in [2.05, 4.69) is 9.97 Å². The number of carbonyl (C=O) groups excluding carboxylic acids is 2. The van der Waals surface area contributed by atoms with Crippen molar-refractivity contribution < 1.29 is 9.59 Å². The zero-order chi connectivity index (χ0) is 17.2. The predicted molar refractivity (Wildman–Crippen MR) is 103 cm³/mol. The summed E-state index contributed by atoms with van der Waals surface area (Å²) in [5.41, 5.74) is 3.27. The maximum absolute atomic E-state index is 12.4. The normalized spacial score (nSPS) is 11.2. The molecule has 0 amide bonds. The maximum atomic E-state index is 12.4. The number of Topliss-reactive ketones (excluding diaryl/α,β-unsaturated/α-hetero) is 2. The van der Waals surface area contributed by atoms with Gasteiger partial charge < -0.3 is 9.97 Å². The molecule has 0 aliphatic carbocycles. The highest BCUT2D eigenvalue weighted by Gasteiger charge is 2.15. The minimum absolute atomic E-state index is 0.0363. The molecule has 0 radical (unpaired) electrons. The number of rotatable bonds is 6. The molecule has 0 saturated heterocycles. The lowest BCUT2D eigenvalue weighted by atomic mass is 10.1. The number of aromatic amines is 2. The number of aromatic nitrogens is 2. The smallest absolute Gasteiger partial charge is 0.174 e. The zero-order valence-corrected chi connectivity index (χ0v) is 14.2. The van der Waals surface area contributed by atoms with E-state index in [0.717, 1.165) is 21.8 Å². The number of thioether (sulfide) groups is 1. The lowest BCUT2D eigenvalue weighted by Gasteiger charge is -2.01. The van der Waals surface area contributed by atoms with Crippen molar-refractivity contribution in [3.8, 4) is 0 Å². The van der Waals surface area contributed by atoms with Crippen LogP contribution in [0, 0.1) is 0 Å². The van der Waals surface area contributed by atoms with Gasteiger partial charge in [-0.3, -0.25) is 9.59 Å². The van der Waals surface area contributed by atoms with E-state index < -0.39 is 0 Å². The monoisotopic (exact) mass is 348 g/mol. The summed E-state index contributed by atoms with van der Waals surface area (Å²) in [5, 5.41) is 1.85. The van der Waals surface area contributed by atoms with Crippen LogP contribution in [0.5, 0.6) is 0 Å². The van der Waals surface area contributed by atoms with Crippen LogP contribution in [-0.4, -0.2) is 33.0 Å². The van der Waals surface area contributed by atoms with Gasteiger partial charge in [0.1, 0.15) is 0 Å². The van der Waals surface area contributed by atoms with E-state index in [1.54, 1.807) is 12.4 Å². The topological polar surface area (TPSA) is 65.7 Å². The summed E-state index contributed by atoms with van der Waals surface area (Å²) in [6.07, 6.45) is 3.49. The van der Waals surface area contributed by atoms with Crippen molar-refractivity contribution in [3.63, 3.8) is 0 Å². The Labute approximate surface area is 148 Å². The minimum atomic E-state index is 0.0363. The Morgan fingerprint density at radius 3 is 1.64 bits per heavy atom. The van der Waals surface area contributed by atoms with E-state index in [1.165, 1.54) is 11.8 Å². The number of fused-ring (bicyclic) bond motifs is 2. The maximum Gasteiger partial charge on any atom is 0.174 e. The fourth-order valence-electron chi connectivity index (χ4n) is 3.00. The van der Waals surface area contributed by atoms with Crippen LogP contribution in [-0.2, 0) is 0 Å². The Hall–Kier alpha value is -2.79. The Balaban J connectivity index is 1.42. The minimum Gasteiger partial charge on any atom is -0.360 e. The van der Waals surface area contributed by atoms with Crippen LogP contribution in [0.1, 0.15) is 20.7 Å². The number of hydrogen-bond acceptors (Lipinski definition) is 3. The summed E-state index contributed by atoms with van der Waals surface area (Å²) < 4.78 is 0. The van der Waals surface area contributed by atoms with Crippen molar-refractivity contribution in [2.24, 2.45) is 0 Å². The second kappa shape index (κ2) is 6.61. The zero-order valence-electron chi connectivity index (χ0n) is 13.4. The van der Waals surface area contributed by atoms with Crippen molar-refractivity contribution >= 4 is 45.1 Å². The van der Waals surface area contributed by atoms with Gasteiger partial charge in [0, 0.05) is 45.3 Å². The third-order valence-corrected chi connectivity index (χ3v) is 5.18. The van der Waals surface area contributed by atoms with Gasteiger partial charge in [0.2, 0.25) is 0 Å². The molecule has 25 heavy (non-hydrogen) atoms. The van der Waals surface area contributed by atoms with E-state index in [-0.39, 0.29) is 23.1 Å². The van der Waals surface area contributed by atoms with Crippen molar-refractivity contribution in [1.82, 2.24) is 9.97 Å². The molecule has 0 bridgehead atoms. The number of para-hydroxylation sites is 2. The van der Waals surface area contributed by atoms with Crippen LogP contribution in [0.4, 0.5) is 0 Å². The average Bonchev–Trinajstić information content (AvgIpc) is 3.26. The Morgan fingerprint density at radius 1 is 0.720 bits per heavy atom. The molecule has 124 valence electrons. The highest BCUT2D eigenvalue weighted by molar-refractivity contribution is 8.00. The summed E-state index contributed by atoms with van der Waals surface area (Å²) >= 11 is 1.36. The van der Waals surface area contributed by atoms with Gasteiger partial charge >= 0.3 is 0 Å². The first-order chi connectivity index (χ1) is 12.2. The van der Waals surface area contributed by atoms with Crippen LogP contribution in [0.3, 0.4) is 0 Å². The number of nitrogens with one attached hydrogen (secondary N) is 2. The Morgan fingerprint density at radius 2 is 1.16 bits per heavy atom. The molecule has 4 nitrogen and oxygen atoms in total. The molecule has 4 rings (SSSR count).